The van der Waals surface area contributed by atoms with E-state index in [2.05, 4.69) is 16.0 Å². The number of aromatic nitrogens is 2. The van der Waals surface area contributed by atoms with Crippen LogP contribution in [0.2, 0.25) is 0 Å². The topological polar surface area (TPSA) is 49.6 Å². The third-order valence-electron chi connectivity index (χ3n) is 3.75. The summed E-state index contributed by atoms with van der Waals surface area (Å²) in [7, 11) is 0. The molecule has 3 rings (SSSR count). The maximum atomic E-state index is 13.2. The molecule has 0 spiro atoms. The molecule has 0 aromatic carbocycles. The number of fused-ring (bicyclic) bond motifs is 1. The fraction of sp³-hybridized carbons (Fsp3) is 0.500. The summed E-state index contributed by atoms with van der Waals surface area (Å²) in [4.78, 5) is 10.3. The smallest absolute Gasteiger partial charge is 0.222 e. The van der Waals surface area contributed by atoms with Crippen LogP contribution in [0.3, 0.4) is 0 Å². The molecule has 0 atom stereocenters. The van der Waals surface area contributed by atoms with Crippen LogP contribution in [0.15, 0.2) is 6.07 Å². The summed E-state index contributed by atoms with van der Waals surface area (Å²) in [5.74, 6) is -1.79. The van der Waals surface area contributed by atoms with Crippen LogP contribution in [0.1, 0.15) is 48.0 Å². The maximum absolute atomic E-state index is 13.2. The molecule has 0 saturated heterocycles. The summed E-state index contributed by atoms with van der Waals surface area (Å²) in [5.41, 5.74) is 0.371. The minimum Gasteiger partial charge on any atom is -0.222 e. The second-order valence-corrected chi connectivity index (χ2v) is 6.29. The van der Waals surface area contributed by atoms with Crippen molar-refractivity contribution < 1.29 is 8.78 Å². The van der Waals surface area contributed by atoms with Crippen LogP contribution in [0.5, 0.6) is 0 Å². The fourth-order valence-corrected chi connectivity index (χ4v) is 3.90. The van der Waals surface area contributed by atoms with E-state index in [1.165, 1.54) is 11.3 Å². The van der Waals surface area contributed by atoms with E-state index in [0.29, 0.717) is 24.4 Å². The van der Waals surface area contributed by atoms with Crippen molar-refractivity contribution in [1.29, 1.82) is 5.26 Å². The number of hydrogen-bond acceptors (Lipinski definition) is 4. The van der Waals surface area contributed by atoms with Crippen molar-refractivity contribution in [3.05, 3.63) is 22.5 Å². The second kappa shape index (κ2) is 4.74. The lowest BCUT2D eigenvalue weighted by molar-refractivity contribution is -0.0379. The number of aryl methyl sites for hydroxylation is 1. The molecule has 6 heteroatoms. The molecule has 20 heavy (non-hydrogen) atoms. The molecule has 1 saturated carbocycles. The zero-order chi connectivity index (χ0) is 14.3. The highest BCUT2D eigenvalue weighted by Crippen LogP contribution is 2.43. The zero-order valence-electron chi connectivity index (χ0n) is 11.0. The Morgan fingerprint density at radius 3 is 2.70 bits per heavy atom. The highest BCUT2D eigenvalue weighted by atomic mass is 32.1. The van der Waals surface area contributed by atoms with E-state index in [1.54, 1.807) is 6.92 Å². The van der Waals surface area contributed by atoms with Gasteiger partial charge in [-0.2, -0.15) is 5.26 Å². The molecule has 3 nitrogen and oxygen atoms in total. The lowest BCUT2D eigenvalue weighted by atomic mass is 9.86. The van der Waals surface area contributed by atoms with Crippen molar-refractivity contribution in [1.82, 2.24) is 9.97 Å². The normalized spacial score (nSPS) is 19.1. The second-order valence-electron chi connectivity index (χ2n) is 5.23. The zero-order valence-corrected chi connectivity index (χ0v) is 11.8. The molecule has 2 heterocycles. The van der Waals surface area contributed by atoms with E-state index in [-0.39, 0.29) is 18.8 Å². The van der Waals surface area contributed by atoms with E-state index >= 15 is 0 Å². The summed E-state index contributed by atoms with van der Waals surface area (Å²) in [6, 6.07) is 3.98. The average molecular weight is 293 g/mol. The van der Waals surface area contributed by atoms with Crippen LogP contribution in [0.4, 0.5) is 8.78 Å². The van der Waals surface area contributed by atoms with Crippen LogP contribution in [0.25, 0.3) is 10.2 Å². The van der Waals surface area contributed by atoms with Gasteiger partial charge in [0.15, 0.2) is 5.69 Å². The monoisotopic (exact) mass is 293 g/mol. The molecule has 2 aromatic heterocycles. The average Bonchev–Trinajstić information content (AvgIpc) is 2.81. The first-order valence-corrected chi connectivity index (χ1v) is 7.36. The molecule has 0 amide bonds. The first-order chi connectivity index (χ1) is 9.48. The Balaban J connectivity index is 1.96. The van der Waals surface area contributed by atoms with Crippen LogP contribution in [-0.2, 0) is 0 Å². The van der Waals surface area contributed by atoms with Crippen molar-refractivity contribution >= 4 is 21.6 Å². The number of alkyl halides is 2. The van der Waals surface area contributed by atoms with E-state index in [0.717, 1.165) is 15.1 Å². The van der Waals surface area contributed by atoms with Crippen molar-refractivity contribution in [2.45, 2.75) is 44.4 Å². The van der Waals surface area contributed by atoms with E-state index < -0.39 is 5.92 Å². The van der Waals surface area contributed by atoms with Gasteiger partial charge in [-0.15, -0.1) is 11.3 Å². The third kappa shape index (κ3) is 2.38. The quantitative estimate of drug-likeness (QED) is 0.793. The standard InChI is InChI=1S/C14H13F2N3S/c1-8-18-11(7-17)10-6-12(20-13(10)19-8)9-2-4-14(15,16)5-3-9/h6,9H,2-5H2,1H3. The van der Waals surface area contributed by atoms with Gasteiger partial charge in [-0.25, -0.2) is 18.7 Å². The van der Waals surface area contributed by atoms with Gasteiger partial charge in [0.1, 0.15) is 16.7 Å². The Morgan fingerprint density at radius 1 is 1.35 bits per heavy atom. The van der Waals surface area contributed by atoms with Crippen LogP contribution >= 0.6 is 11.3 Å². The molecule has 104 valence electrons. The molecular weight excluding hydrogens is 280 g/mol. The molecule has 0 N–H and O–H groups in total. The van der Waals surface area contributed by atoms with Gasteiger partial charge in [-0.05, 0) is 31.7 Å². The van der Waals surface area contributed by atoms with E-state index in [1.807, 2.05) is 6.07 Å². The molecule has 1 aliphatic rings. The first kappa shape index (κ1) is 13.4. The Kier molecular flexibility index (Phi) is 3.17. The summed E-state index contributed by atoms with van der Waals surface area (Å²) < 4.78 is 26.4. The van der Waals surface area contributed by atoms with Gasteiger partial charge in [0, 0.05) is 23.1 Å². The lowest BCUT2D eigenvalue weighted by Crippen LogP contribution is -2.23. The van der Waals surface area contributed by atoms with Gasteiger partial charge >= 0.3 is 0 Å². The Bertz CT molecular complexity index is 692. The van der Waals surface area contributed by atoms with Crippen LogP contribution < -0.4 is 0 Å². The SMILES string of the molecule is Cc1nc(C#N)c2cc(C3CCC(F)(F)CC3)sc2n1. The predicted molar refractivity (Wildman–Crippen MR) is 73.0 cm³/mol. The number of hydrogen-bond donors (Lipinski definition) is 0. The number of halogens is 2. The van der Waals surface area contributed by atoms with Crippen LogP contribution in [-0.4, -0.2) is 15.9 Å². The minimum atomic E-state index is -2.51. The summed E-state index contributed by atoms with van der Waals surface area (Å²) in [6.07, 6.45) is 0.881. The van der Waals surface area contributed by atoms with Gasteiger partial charge in [-0.1, -0.05) is 0 Å². The molecule has 0 bridgehead atoms. The number of nitriles is 1. The molecule has 0 unspecified atom stereocenters. The number of thiophene rings is 1. The molecule has 1 fully saturated rings. The molecule has 0 aliphatic heterocycles. The van der Waals surface area contributed by atoms with Crippen LogP contribution in [0, 0.1) is 18.3 Å². The Hall–Kier alpha value is -1.61. The van der Waals surface area contributed by atoms with Crippen molar-refractivity contribution in [2.24, 2.45) is 0 Å². The summed E-state index contributed by atoms with van der Waals surface area (Å²) in [5, 5.41) is 9.86. The summed E-state index contributed by atoms with van der Waals surface area (Å²) >= 11 is 1.50. The highest BCUT2D eigenvalue weighted by molar-refractivity contribution is 7.18. The number of nitrogens with zero attached hydrogens (tertiary/aromatic N) is 3. The lowest BCUT2D eigenvalue weighted by Gasteiger charge is -2.27. The largest absolute Gasteiger partial charge is 0.248 e. The summed E-state index contributed by atoms with van der Waals surface area (Å²) in [6.45, 7) is 1.75. The van der Waals surface area contributed by atoms with E-state index in [4.69, 9.17) is 5.26 Å². The van der Waals surface area contributed by atoms with Gasteiger partial charge < -0.3 is 0 Å². The molecular formula is C14H13F2N3S. The van der Waals surface area contributed by atoms with Gasteiger partial charge in [0.25, 0.3) is 0 Å². The van der Waals surface area contributed by atoms with Crippen molar-refractivity contribution in [3.8, 4) is 6.07 Å². The van der Waals surface area contributed by atoms with E-state index in [9.17, 15) is 8.78 Å². The van der Waals surface area contributed by atoms with Gasteiger partial charge in [0.05, 0.1) is 0 Å². The predicted octanol–water partition coefficient (Wildman–Crippen LogP) is 4.16. The molecule has 1 aliphatic carbocycles. The van der Waals surface area contributed by atoms with Crippen molar-refractivity contribution in [2.75, 3.05) is 0 Å². The van der Waals surface area contributed by atoms with Crippen molar-refractivity contribution in [3.63, 3.8) is 0 Å². The number of rotatable bonds is 1. The Morgan fingerprint density at radius 2 is 2.05 bits per heavy atom. The Labute approximate surface area is 119 Å². The minimum absolute atomic E-state index is 0.0538. The fourth-order valence-electron chi connectivity index (χ4n) is 2.66. The highest BCUT2D eigenvalue weighted by Gasteiger charge is 2.36. The van der Waals surface area contributed by atoms with Gasteiger partial charge in [-0.3, -0.25) is 0 Å². The first-order valence-electron chi connectivity index (χ1n) is 6.54. The maximum Gasteiger partial charge on any atom is 0.248 e. The molecule has 2 aromatic rings. The van der Waals surface area contributed by atoms with Gasteiger partial charge in [0.2, 0.25) is 5.92 Å². The third-order valence-corrected chi connectivity index (χ3v) is 4.94. The molecule has 0 radical (unpaired) electrons.